The van der Waals surface area contributed by atoms with E-state index in [2.05, 4.69) is 42.2 Å². The summed E-state index contributed by atoms with van der Waals surface area (Å²) in [6, 6.07) is 6.69. The van der Waals surface area contributed by atoms with Gasteiger partial charge in [0.2, 0.25) is 15.3 Å². The fraction of sp³-hybridized carbons (Fsp3) is 0.500. The van der Waals surface area contributed by atoms with Gasteiger partial charge < -0.3 is 14.2 Å². The van der Waals surface area contributed by atoms with Crippen LogP contribution in [-0.4, -0.2) is 61.6 Å². The Bertz CT molecular complexity index is 1070. The van der Waals surface area contributed by atoms with Crippen LogP contribution in [0.2, 0.25) is 23.4 Å². The molecule has 1 N–H and O–H groups in total. The summed E-state index contributed by atoms with van der Waals surface area (Å²) in [6.45, 7) is 9.23. The van der Waals surface area contributed by atoms with Crippen LogP contribution in [0.25, 0.3) is 0 Å². The molecule has 1 unspecified atom stereocenters. The van der Waals surface area contributed by atoms with Gasteiger partial charge >= 0.3 is 0 Å². The second kappa shape index (κ2) is 11.1. The van der Waals surface area contributed by atoms with Crippen LogP contribution in [0.3, 0.4) is 0 Å². The normalized spacial score (nSPS) is 19.2. The Morgan fingerprint density at radius 2 is 1.88 bits per heavy atom. The van der Waals surface area contributed by atoms with E-state index in [-0.39, 0.29) is 38.6 Å². The van der Waals surface area contributed by atoms with Crippen molar-refractivity contribution in [2.45, 2.75) is 44.5 Å². The molecule has 13 heteroatoms. The smallest absolute Gasteiger partial charge is 0.245 e. The molecular weight excluding hydrogens is 519 g/mol. The zero-order valence-corrected chi connectivity index (χ0v) is 24.4. The molecule has 2 aromatic rings. The summed E-state index contributed by atoms with van der Waals surface area (Å²) >= 11 is 12.0. The minimum Gasteiger partial charge on any atom is -0.400 e. The molecule has 8 nitrogen and oxygen atoms in total. The van der Waals surface area contributed by atoms with Crippen molar-refractivity contribution < 1.29 is 17.3 Å². The summed E-state index contributed by atoms with van der Waals surface area (Å²) in [6.07, 6.45) is 1.83. The number of benzene rings is 1. The highest BCUT2D eigenvalue weighted by Crippen LogP contribution is 2.41. The van der Waals surface area contributed by atoms with Crippen molar-refractivity contribution in [3.8, 4) is 0 Å². The van der Waals surface area contributed by atoms with E-state index in [0.29, 0.717) is 18.8 Å². The Labute approximate surface area is 210 Å². The lowest BCUT2D eigenvalue weighted by atomic mass is 9.78. The Morgan fingerprint density at radius 3 is 2.55 bits per heavy atom. The van der Waals surface area contributed by atoms with Crippen molar-refractivity contribution in [1.29, 1.82) is 0 Å². The third kappa shape index (κ3) is 5.96. The second-order valence-electron chi connectivity index (χ2n) is 8.37. The zero-order valence-electron chi connectivity index (χ0n) is 19.2. The van der Waals surface area contributed by atoms with Crippen LogP contribution >= 0.6 is 23.2 Å². The lowest BCUT2D eigenvalue weighted by Gasteiger charge is -2.39. The van der Waals surface area contributed by atoms with E-state index in [4.69, 9.17) is 32.1 Å². The quantitative estimate of drug-likeness (QED) is 0.276. The van der Waals surface area contributed by atoms with Gasteiger partial charge in [-0.2, -0.15) is 9.29 Å². The first-order chi connectivity index (χ1) is 15.6. The predicted molar refractivity (Wildman–Crippen MR) is 137 cm³/mol. The second-order valence-corrected chi connectivity index (χ2v) is 12.8. The van der Waals surface area contributed by atoms with Crippen molar-refractivity contribution in [1.82, 2.24) is 14.3 Å². The molecule has 0 bridgehead atoms. The van der Waals surface area contributed by atoms with Crippen LogP contribution in [0, 0.1) is 11.3 Å². The van der Waals surface area contributed by atoms with Gasteiger partial charge in [0.25, 0.3) is 0 Å². The van der Waals surface area contributed by atoms with Crippen LogP contribution in [0.1, 0.15) is 20.3 Å². The maximum Gasteiger partial charge on any atom is 0.245 e. The maximum atomic E-state index is 13.6. The molecule has 1 saturated heterocycles. The maximum absolute atomic E-state index is 13.6. The number of hydrogen-bond donors (Lipinski definition) is 1. The monoisotopic (exact) mass is 548 g/mol. The Hall–Kier alpha value is -1.06. The van der Waals surface area contributed by atoms with Gasteiger partial charge in [0.05, 0.1) is 11.9 Å². The average Bonchev–Trinajstić information content (AvgIpc) is 3.29. The lowest BCUT2D eigenvalue weighted by Crippen LogP contribution is -2.43. The lowest BCUT2D eigenvalue weighted by molar-refractivity contribution is -0.102. The molecule has 0 aliphatic carbocycles. The standard InChI is InChI=1S/C20H30Cl2N4O4SSi2/c1-20(2,18(29-32-3)30-33-4)13-9-10-26(12-13)31(27,28)16-8-6-5-7-15(16)24-17-14(21)11-23-19(22)25-17/h5-8,11,13,18H,9-10,12,32-33H2,1-4H3,(H,23,24,25). The molecule has 1 aliphatic heterocycles. The molecule has 0 spiro atoms. The average molecular weight is 550 g/mol. The molecule has 1 aromatic heterocycles. The van der Waals surface area contributed by atoms with Crippen molar-refractivity contribution in [3.63, 3.8) is 0 Å². The van der Waals surface area contributed by atoms with Crippen molar-refractivity contribution in [2.75, 3.05) is 18.4 Å². The number of para-hydroxylation sites is 1. The van der Waals surface area contributed by atoms with E-state index in [1.807, 2.05) is 0 Å². The Morgan fingerprint density at radius 1 is 1.21 bits per heavy atom. The highest BCUT2D eigenvalue weighted by Gasteiger charge is 2.44. The van der Waals surface area contributed by atoms with Gasteiger partial charge in [0.1, 0.15) is 16.2 Å². The van der Waals surface area contributed by atoms with Crippen LogP contribution in [0.15, 0.2) is 35.4 Å². The topological polar surface area (TPSA) is 93.7 Å². The molecule has 1 aliphatic rings. The van der Waals surface area contributed by atoms with Crippen molar-refractivity contribution in [2.24, 2.45) is 11.3 Å². The summed E-state index contributed by atoms with van der Waals surface area (Å²) in [7, 11) is -5.08. The molecular formula is C20H30Cl2N4O4SSi2. The van der Waals surface area contributed by atoms with Gasteiger partial charge in [-0.25, -0.2) is 13.4 Å². The van der Waals surface area contributed by atoms with E-state index in [1.165, 1.54) is 10.5 Å². The molecule has 1 aromatic carbocycles. The highest BCUT2D eigenvalue weighted by atomic mass is 35.5. The fourth-order valence-corrected chi connectivity index (χ4v) is 7.79. The first-order valence-corrected chi connectivity index (χ1v) is 17.1. The van der Waals surface area contributed by atoms with Crippen molar-refractivity contribution >= 4 is 64.3 Å². The summed E-state index contributed by atoms with van der Waals surface area (Å²) in [5, 5.41) is 3.25. The minimum absolute atomic E-state index is 0.0103. The first kappa shape index (κ1) is 26.5. The van der Waals surface area contributed by atoms with Gasteiger partial charge in [-0.05, 0) is 36.1 Å². The van der Waals surface area contributed by atoms with Crippen LogP contribution in [-0.2, 0) is 18.9 Å². The number of nitrogens with one attached hydrogen (secondary N) is 1. The molecule has 2 heterocycles. The number of halogens is 2. The number of hydrogen-bond acceptors (Lipinski definition) is 7. The van der Waals surface area contributed by atoms with Crippen molar-refractivity contribution in [3.05, 3.63) is 40.8 Å². The van der Waals surface area contributed by atoms with E-state index in [9.17, 15) is 8.42 Å². The third-order valence-electron chi connectivity index (χ3n) is 5.92. The van der Waals surface area contributed by atoms with Crippen LogP contribution in [0.5, 0.6) is 0 Å². The molecule has 182 valence electrons. The zero-order chi connectivity index (χ0) is 24.2. The van der Waals surface area contributed by atoms with Gasteiger partial charge in [-0.15, -0.1) is 0 Å². The molecule has 0 saturated carbocycles. The van der Waals surface area contributed by atoms with E-state index in [0.717, 1.165) is 6.42 Å². The number of sulfonamides is 1. The van der Waals surface area contributed by atoms with E-state index >= 15 is 0 Å². The molecule has 1 atom stereocenters. The fourth-order valence-electron chi connectivity index (χ4n) is 4.02. The van der Waals surface area contributed by atoms with Crippen LogP contribution in [0.4, 0.5) is 11.5 Å². The number of anilines is 2. The molecule has 3 rings (SSSR count). The number of nitrogens with zero attached hydrogens (tertiary/aromatic N) is 3. The summed E-state index contributed by atoms with van der Waals surface area (Å²) < 4.78 is 40.8. The summed E-state index contributed by atoms with van der Waals surface area (Å²) in [5.74, 6) is 0.359. The SMILES string of the molecule is C[SiH2]OC(O[SiH2]C)C(C)(C)C1CCN(S(=O)(=O)c2ccccc2Nc2nc(Cl)ncc2Cl)C1. The molecule has 33 heavy (non-hydrogen) atoms. The summed E-state index contributed by atoms with van der Waals surface area (Å²) in [4.78, 5) is 8.05. The number of aromatic nitrogens is 2. The molecule has 0 radical (unpaired) electrons. The van der Waals surface area contributed by atoms with E-state index in [1.54, 1.807) is 24.3 Å². The van der Waals surface area contributed by atoms with E-state index < -0.39 is 29.5 Å². The summed E-state index contributed by atoms with van der Waals surface area (Å²) in [5.41, 5.74) is 0.0784. The predicted octanol–water partition coefficient (Wildman–Crippen LogP) is 3.19. The van der Waals surface area contributed by atoms with Gasteiger partial charge in [-0.1, -0.05) is 50.7 Å². The van der Waals surface area contributed by atoms with Gasteiger partial charge in [-0.3, -0.25) is 0 Å². The molecule has 1 fully saturated rings. The van der Waals surface area contributed by atoms with Gasteiger partial charge in [0, 0.05) is 18.5 Å². The third-order valence-corrected chi connectivity index (χ3v) is 9.57. The Kier molecular flexibility index (Phi) is 8.95. The molecule has 0 amide bonds. The van der Waals surface area contributed by atoms with Crippen LogP contribution < -0.4 is 5.32 Å². The first-order valence-electron chi connectivity index (χ1n) is 10.9. The Balaban J connectivity index is 1.85. The number of rotatable bonds is 10. The van der Waals surface area contributed by atoms with Gasteiger partial charge in [0.15, 0.2) is 25.3 Å². The highest BCUT2D eigenvalue weighted by molar-refractivity contribution is 7.89. The minimum atomic E-state index is -3.77. The largest absolute Gasteiger partial charge is 0.400 e.